The minimum Gasteiger partial charge on any atom is -0.481 e. The monoisotopic (exact) mass is 580 g/mol. The minimum absolute atomic E-state index is 0. The van der Waals surface area contributed by atoms with E-state index in [0.29, 0.717) is 0 Å². The van der Waals surface area contributed by atoms with Crippen LogP contribution in [0.25, 0.3) is 0 Å². The number of carbonyl (C=O) groups excluding carboxylic acids is 1. The van der Waals surface area contributed by atoms with Crippen molar-refractivity contribution < 1.29 is 34.8 Å². The van der Waals surface area contributed by atoms with Gasteiger partial charge in [-0.2, -0.15) is 0 Å². The van der Waals surface area contributed by atoms with Gasteiger partial charge in [-0.15, -0.1) is 49.6 Å². The molecule has 210 valence electrons. The first-order chi connectivity index (χ1) is 13.9. The second kappa shape index (κ2) is 24.5. The number of carboxylic acid groups (broad SMARTS) is 1. The second-order valence-electron chi connectivity index (χ2n) is 8.02. The molecular weight excluding hydrogens is 538 g/mol. The van der Waals surface area contributed by atoms with Crippen LogP contribution >= 0.6 is 49.6 Å². The molecule has 7 unspecified atom stereocenters. The van der Waals surface area contributed by atoms with Crippen LogP contribution in [0.2, 0.25) is 0 Å². The van der Waals surface area contributed by atoms with Crippen LogP contribution in [0, 0.1) is 0 Å². The molecule has 0 spiro atoms. The molecule has 0 aliphatic heterocycles. The van der Waals surface area contributed by atoms with E-state index in [1.54, 1.807) is 6.92 Å². The lowest BCUT2D eigenvalue weighted by Gasteiger charge is -2.24. The Morgan fingerprint density at radius 2 is 0.941 bits per heavy atom. The first kappa shape index (κ1) is 43.9. The lowest BCUT2D eigenvalue weighted by atomic mass is 9.94. The zero-order valence-corrected chi connectivity index (χ0v) is 22.6. The van der Waals surface area contributed by atoms with Crippen molar-refractivity contribution in [2.75, 3.05) is 6.61 Å². The number of rotatable bonds is 17. The Morgan fingerprint density at radius 3 is 1.24 bits per heavy atom. The summed E-state index contributed by atoms with van der Waals surface area (Å²) in [6.07, 6.45) is -1.68. The summed E-state index contributed by atoms with van der Waals surface area (Å²) in [6, 6.07) is -2.22. The van der Waals surface area contributed by atoms with Crippen LogP contribution in [0.3, 0.4) is 0 Å². The molecule has 0 aromatic carbocycles. The Hall–Kier alpha value is -0.180. The summed E-state index contributed by atoms with van der Waals surface area (Å²) >= 11 is 0. The lowest BCUT2D eigenvalue weighted by Crippen LogP contribution is -2.37. The number of hydrogen-bond acceptors (Lipinski definition) is 10. The molecule has 0 fully saturated rings. The number of ether oxygens (including phenoxy) is 1. The minimum atomic E-state index is -1.03. The van der Waals surface area contributed by atoms with Gasteiger partial charge >= 0.3 is 11.9 Å². The molecule has 0 aliphatic rings. The predicted octanol–water partition coefficient (Wildman–Crippen LogP) is -0.166. The molecule has 12 N–H and O–H groups in total. The molecule has 0 aromatic rings. The Bertz CT molecular complexity index is 515. The third-order valence-corrected chi connectivity index (χ3v) is 4.62. The number of aliphatic carboxylic acids is 1. The van der Waals surface area contributed by atoms with E-state index in [1.807, 2.05) is 0 Å². The van der Waals surface area contributed by atoms with Crippen LogP contribution in [0.15, 0.2) is 0 Å². The summed E-state index contributed by atoms with van der Waals surface area (Å²) in [7, 11) is 0. The van der Waals surface area contributed by atoms with Crippen LogP contribution in [-0.4, -0.2) is 81.5 Å². The predicted molar refractivity (Wildman–Crippen MR) is 140 cm³/mol. The van der Waals surface area contributed by atoms with E-state index in [-0.39, 0.29) is 108 Å². The SMILES string of the molecule is CCOC(=O)CC(N)CC(O)CC(N)CC(O)CC(N)CC(O)CC(N)CC(=O)O.Cl.Cl.Cl.Cl. The quantitative estimate of drug-likeness (QED) is 0.105. The van der Waals surface area contributed by atoms with Gasteiger partial charge in [0.2, 0.25) is 0 Å². The van der Waals surface area contributed by atoms with E-state index in [0.717, 1.165) is 0 Å². The maximum absolute atomic E-state index is 11.4. The summed E-state index contributed by atoms with van der Waals surface area (Å²) in [5.41, 5.74) is 23.4. The molecule has 0 radical (unpaired) electrons. The number of hydrogen-bond donors (Lipinski definition) is 8. The fourth-order valence-electron chi connectivity index (χ4n) is 3.40. The zero-order valence-electron chi connectivity index (χ0n) is 19.4. The molecule has 0 rings (SSSR count). The van der Waals surface area contributed by atoms with Crippen LogP contribution < -0.4 is 22.9 Å². The Labute approximate surface area is 226 Å². The van der Waals surface area contributed by atoms with Crippen molar-refractivity contribution in [1.82, 2.24) is 0 Å². The highest BCUT2D eigenvalue weighted by Crippen LogP contribution is 2.14. The van der Waals surface area contributed by atoms with Crippen LogP contribution in [0.1, 0.15) is 58.3 Å². The summed E-state index contributed by atoms with van der Waals surface area (Å²) < 4.78 is 4.81. The van der Waals surface area contributed by atoms with Gasteiger partial charge in [-0.1, -0.05) is 0 Å². The van der Waals surface area contributed by atoms with Gasteiger partial charge < -0.3 is 48.1 Å². The van der Waals surface area contributed by atoms with Crippen LogP contribution in [-0.2, 0) is 14.3 Å². The highest BCUT2D eigenvalue weighted by atomic mass is 35.5. The lowest BCUT2D eigenvalue weighted by molar-refractivity contribution is -0.143. The average Bonchev–Trinajstić information content (AvgIpc) is 2.52. The van der Waals surface area contributed by atoms with Gasteiger partial charge in [0.1, 0.15) is 0 Å². The van der Waals surface area contributed by atoms with Crippen molar-refractivity contribution >= 4 is 61.6 Å². The first-order valence-electron chi connectivity index (χ1n) is 10.4. The summed E-state index contributed by atoms with van der Waals surface area (Å²) in [5.74, 6) is -1.45. The number of carbonyl (C=O) groups is 2. The average molecular weight is 582 g/mol. The maximum atomic E-state index is 11.4. The number of nitrogens with two attached hydrogens (primary N) is 4. The van der Waals surface area contributed by atoms with Crippen molar-refractivity contribution in [2.45, 2.75) is 101 Å². The van der Waals surface area contributed by atoms with E-state index in [2.05, 4.69) is 0 Å². The molecule has 0 aliphatic carbocycles. The van der Waals surface area contributed by atoms with Gasteiger partial charge in [-0.25, -0.2) is 0 Å². The summed E-state index contributed by atoms with van der Waals surface area (Å²) in [4.78, 5) is 22.0. The standard InChI is InChI=1S/C19H40N4O7.4ClH/c1-2-30-19(29)10-14(23)8-17(26)6-12(21)4-15(24)3-11(20)5-16(25)7-13(22)9-18(27)28;;;;/h11-17,24-26H,2-10,20-23H2,1H3,(H,27,28);4*1H. The Kier molecular flexibility index (Phi) is 31.6. The third kappa shape index (κ3) is 24.9. The van der Waals surface area contributed by atoms with Gasteiger partial charge in [0.05, 0.1) is 37.8 Å². The van der Waals surface area contributed by atoms with Crippen molar-refractivity contribution in [3.05, 3.63) is 0 Å². The van der Waals surface area contributed by atoms with Gasteiger partial charge in [0.25, 0.3) is 0 Å². The Balaban J connectivity index is -0.000000701. The molecule has 34 heavy (non-hydrogen) atoms. The normalized spacial score (nSPS) is 16.5. The fourth-order valence-corrected chi connectivity index (χ4v) is 3.40. The van der Waals surface area contributed by atoms with Gasteiger partial charge in [0, 0.05) is 24.2 Å². The molecule has 0 heterocycles. The number of halogens is 4. The smallest absolute Gasteiger partial charge is 0.307 e. The van der Waals surface area contributed by atoms with Crippen molar-refractivity contribution in [2.24, 2.45) is 22.9 Å². The van der Waals surface area contributed by atoms with E-state index in [1.165, 1.54) is 0 Å². The van der Waals surface area contributed by atoms with Crippen molar-refractivity contribution in [1.29, 1.82) is 0 Å². The molecule has 0 amide bonds. The molecule has 0 saturated carbocycles. The molecule has 15 heteroatoms. The molecular formula is C19H44Cl4N4O7. The molecule has 0 saturated heterocycles. The molecule has 0 bridgehead atoms. The van der Waals surface area contributed by atoms with E-state index < -0.39 is 54.4 Å². The van der Waals surface area contributed by atoms with Crippen LogP contribution in [0.4, 0.5) is 0 Å². The van der Waals surface area contributed by atoms with Gasteiger partial charge in [-0.05, 0) is 45.4 Å². The van der Waals surface area contributed by atoms with Gasteiger partial charge in [-0.3, -0.25) is 9.59 Å². The third-order valence-electron chi connectivity index (χ3n) is 4.62. The summed E-state index contributed by atoms with van der Waals surface area (Å²) in [5, 5.41) is 38.9. The van der Waals surface area contributed by atoms with Crippen molar-refractivity contribution in [3.63, 3.8) is 0 Å². The highest BCUT2D eigenvalue weighted by molar-refractivity contribution is 5.86. The first-order valence-corrected chi connectivity index (χ1v) is 10.4. The highest BCUT2D eigenvalue weighted by Gasteiger charge is 2.22. The number of esters is 1. The number of aliphatic hydroxyl groups is 3. The topological polar surface area (TPSA) is 228 Å². The largest absolute Gasteiger partial charge is 0.481 e. The molecule has 0 aromatic heterocycles. The fraction of sp³-hybridized carbons (Fsp3) is 0.895. The zero-order chi connectivity index (χ0) is 23.3. The second-order valence-corrected chi connectivity index (χ2v) is 8.02. The Morgan fingerprint density at radius 1 is 0.647 bits per heavy atom. The van der Waals surface area contributed by atoms with Gasteiger partial charge in [0.15, 0.2) is 0 Å². The summed E-state index contributed by atoms with van der Waals surface area (Å²) in [6.45, 7) is 1.97. The molecule has 11 nitrogen and oxygen atoms in total. The maximum Gasteiger partial charge on any atom is 0.307 e. The van der Waals surface area contributed by atoms with Crippen LogP contribution in [0.5, 0.6) is 0 Å². The number of carboxylic acids is 1. The van der Waals surface area contributed by atoms with Crippen molar-refractivity contribution in [3.8, 4) is 0 Å². The van der Waals surface area contributed by atoms with E-state index in [9.17, 15) is 24.9 Å². The number of aliphatic hydroxyl groups excluding tert-OH is 3. The molecule has 7 atom stereocenters. The van der Waals surface area contributed by atoms with E-state index in [4.69, 9.17) is 32.8 Å². The van der Waals surface area contributed by atoms with E-state index >= 15 is 0 Å².